The number of nitrogens with one attached hydrogen (secondary N) is 1. The van der Waals surface area contributed by atoms with Crippen LogP contribution in [0.4, 0.5) is 0 Å². The molecule has 0 saturated heterocycles. The highest BCUT2D eigenvalue weighted by molar-refractivity contribution is 5.97. The molecule has 0 aliphatic heterocycles. The second kappa shape index (κ2) is 6.95. The van der Waals surface area contributed by atoms with E-state index >= 15 is 0 Å². The number of rotatable bonds is 6. The zero-order valence-electron chi connectivity index (χ0n) is 13.7. The zero-order chi connectivity index (χ0) is 17.0. The Hall–Kier alpha value is -2.50. The monoisotopic (exact) mass is 327 g/mol. The summed E-state index contributed by atoms with van der Waals surface area (Å²) in [5, 5.41) is 7.05. The predicted octanol–water partition coefficient (Wildman–Crippen LogP) is 2.93. The average molecular weight is 327 g/mol. The molecular weight excluding hydrogens is 306 g/mol. The van der Waals surface area contributed by atoms with Gasteiger partial charge in [-0.1, -0.05) is 48.3 Å². The van der Waals surface area contributed by atoms with E-state index in [2.05, 4.69) is 15.5 Å². The summed E-state index contributed by atoms with van der Waals surface area (Å²) in [7, 11) is 0. The fourth-order valence-corrected chi connectivity index (χ4v) is 3.20. The van der Waals surface area contributed by atoms with Gasteiger partial charge in [-0.3, -0.25) is 9.59 Å². The van der Waals surface area contributed by atoms with E-state index in [1.54, 1.807) is 19.1 Å². The molecule has 2 aromatic rings. The van der Waals surface area contributed by atoms with Crippen LogP contribution in [0.1, 0.15) is 60.6 Å². The maximum Gasteiger partial charge on any atom is 0.223 e. The Morgan fingerprint density at radius 1 is 1.17 bits per heavy atom. The third-order valence-electron chi connectivity index (χ3n) is 4.47. The topological polar surface area (TPSA) is 85.1 Å². The van der Waals surface area contributed by atoms with E-state index in [0.717, 1.165) is 25.7 Å². The predicted molar refractivity (Wildman–Crippen MR) is 87.3 cm³/mol. The molecule has 3 rings (SSSR count). The van der Waals surface area contributed by atoms with Crippen LogP contribution in [0, 0.1) is 6.92 Å². The second-order valence-corrected chi connectivity index (χ2v) is 6.26. The molecule has 0 spiro atoms. The first-order valence-electron chi connectivity index (χ1n) is 8.29. The minimum Gasteiger partial charge on any atom is -0.343 e. The first-order valence-corrected chi connectivity index (χ1v) is 8.29. The molecule has 1 amide bonds. The fourth-order valence-electron chi connectivity index (χ4n) is 3.20. The zero-order valence-corrected chi connectivity index (χ0v) is 13.7. The Bertz CT molecular complexity index is 718. The van der Waals surface area contributed by atoms with Crippen LogP contribution in [0.25, 0.3) is 0 Å². The molecule has 1 aliphatic carbocycles. The van der Waals surface area contributed by atoms with Gasteiger partial charge in [-0.15, -0.1) is 0 Å². The van der Waals surface area contributed by atoms with Crippen LogP contribution in [0.3, 0.4) is 0 Å². The van der Waals surface area contributed by atoms with E-state index in [4.69, 9.17) is 4.52 Å². The lowest BCUT2D eigenvalue weighted by molar-refractivity contribution is -0.123. The minimum absolute atomic E-state index is 0.0263. The number of aryl methyl sites for hydroxylation is 1. The van der Waals surface area contributed by atoms with Crippen molar-refractivity contribution >= 4 is 11.7 Å². The van der Waals surface area contributed by atoms with Gasteiger partial charge in [-0.05, 0) is 12.8 Å². The number of ketones is 1. The molecule has 6 nitrogen and oxygen atoms in total. The standard InChI is InChI=1S/C18H21N3O3/c1-13-19-17(21-24-13)18(11-5-6-12-18)20-16(23)10-9-15(22)14-7-3-2-4-8-14/h2-4,7-8H,5-6,9-12H2,1H3,(H,20,23). The molecule has 1 fully saturated rings. The number of benzene rings is 1. The van der Waals surface area contributed by atoms with Gasteiger partial charge in [0.25, 0.3) is 0 Å². The number of Topliss-reactive ketones (excluding diaryl/α,β-unsaturated/α-hetero) is 1. The average Bonchev–Trinajstić information content (AvgIpc) is 3.23. The number of hydrogen-bond donors (Lipinski definition) is 1. The van der Waals surface area contributed by atoms with Gasteiger partial charge in [-0.25, -0.2) is 0 Å². The SMILES string of the molecule is Cc1nc(C2(NC(=O)CCC(=O)c3ccccc3)CCCC2)no1. The van der Waals surface area contributed by atoms with Crippen molar-refractivity contribution in [2.75, 3.05) is 0 Å². The van der Waals surface area contributed by atoms with Crippen molar-refractivity contribution in [2.24, 2.45) is 0 Å². The first kappa shape index (κ1) is 16.4. The Labute approximate surface area is 140 Å². The molecule has 1 aromatic carbocycles. The lowest BCUT2D eigenvalue weighted by Crippen LogP contribution is -2.44. The second-order valence-electron chi connectivity index (χ2n) is 6.26. The van der Waals surface area contributed by atoms with E-state index < -0.39 is 5.54 Å². The van der Waals surface area contributed by atoms with Crippen LogP contribution >= 0.6 is 0 Å². The minimum atomic E-state index is -0.551. The van der Waals surface area contributed by atoms with E-state index in [1.807, 2.05) is 18.2 Å². The van der Waals surface area contributed by atoms with Crippen LogP contribution in [0.5, 0.6) is 0 Å². The van der Waals surface area contributed by atoms with Gasteiger partial charge in [-0.2, -0.15) is 4.98 Å². The van der Waals surface area contributed by atoms with Gasteiger partial charge >= 0.3 is 0 Å². The smallest absolute Gasteiger partial charge is 0.223 e. The van der Waals surface area contributed by atoms with Crippen LogP contribution in [-0.4, -0.2) is 21.8 Å². The van der Waals surface area contributed by atoms with Crippen molar-refractivity contribution in [3.8, 4) is 0 Å². The molecule has 126 valence electrons. The quantitative estimate of drug-likeness (QED) is 0.825. The normalized spacial score (nSPS) is 16.0. The lowest BCUT2D eigenvalue weighted by atomic mass is 9.96. The molecular formula is C18H21N3O3. The highest BCUT2D eigenvalue weighted by atomic mass is 16.5. The van der Waals surface area contributed by atoms with E-state index in [9.17, 15) is 9.59 Å². The molecule has 24 heavy (non-hydrogen) atoms. The summed E-state index contributed by atoms with van der Waals surface area (Å²) in [6.07, 6.45) is 3.96. The molecule has 0 bridgehead atoms. The Kier molecular flexibility index (Phi) is 4.74. The van der Waals surface area contributed by atoms with Crippen molar-refractivity contribution < 1.29 is 14.1 Å². The maximum absolute atomic E-state index is 12.4. The Morgan fingerprint density at radius 3 is 2.50 bits per heavy atom. The van der Waals surface area contributed by atoms with Crippen LogP contribution in [-0.2, 0) is 10.3 Å². The number of hydrogen-bond acceptors (Lipinski definition) is 5. The molecule has 1 saturated carbocycles. The van der Waals surface area contributed by atoms with Crippen LogP contribution < -0.4 is 5.32 Å². The lowest BCUT2D eigenvalue weighted by Gasteiger charge is -2.26. The van der Waals surface area contributed by atoms with Crippen LogP contribution in [0.2, 0.25) is 0 Å². The highest BCUT2D eigenvalue weighted by Crippen LogP contribution is 2.37. The summed E-state index contributed by atoms with van der Waals surface area (Å²) in [6, 6.07) is 9.03. The summed E-state index contributed by atoms with van der Waals surface area (Å²) in [4.78, 5) is 28.8. The van der Waals surface area contributed by atoms with Crippen molar-refractivity contribution in [1.29, 1.82) is 0 Å². The number of carbonyl (C=O) groups is 2. The Morgan fingerprint density at radius 2 is 1.88 bits per heavy atom. The van der Waals surface area contributed by atoms with Crippen molar-refractivity contribution in [1.82, 2.24) is 15.5 Å². The van der Waals surface area contributed by atoms with Crippen molar-refractivity contribution in [2.45, 2.75) is 51.0 Å². The van der Waals surface area contributed by atoms with Crippen molar-refractivity contribution in [3.05, 3.63) is 47.6 Å². The van der Waals surface area contributed by atoms with E-state index in [0.29, 0.717) is 17.3 Å². The van der Waals surface area contributed by atoms with Gasteiger partial charge in [0.15, 0.2) is 11.6 Å². The largest absolute Gasteiger partial charge is 0.343 e. The molecule has 0 radical (unpaired) electrons. The number of aromatic nitrogens is 2. The first-order chi connectivity index (χ1) is 11.6. The number of amides is 1. The fraction of sp³-hybridized carbons (Fsp3) is 0.444. The third kappa shape index (κ3) is 3.53. The molecule has 1 heterocycles. The summed E-state index contributed by atoms with van der Waals surface area (Å²) in [6.45, 7) is 1.74. The van der Waals surface area contributed by atoms with Gasteiger partial charge in [0.1, 0.15) is 5.54 Å². The summed E-state index contributed by atoms with van der Waals surface area (Å²) in [5.41, 5.74) is 0.0830. The highest BCUT2D eigenvalue weighted by Gasteiger charge is 2.41. The van der Waals surface area contributed by atoms with Gasteiger partial charge in [0.2, 0.25) is 11.8 Å². The summed E-state index contributed by atoms with van der Waals surface area (Å²) >= 11 is 0. The molecule has 0 unspecified atom stereocenters. The third-order valence-corrected chi connectivity index (χ3v) is 4.47. The molecule has 1 aromatic heterocycles. The molecule has 0 atom stereocenters. The van der Waals surface area contributed by atoms with E-state index in [1.165, 1.54) is 0 Å². The van der Waals surface area contributed by atoms with E-state index in [-0.39, 0.29) is 24.5 Å². The molecule has 1 N–H and O–H groups in total. The molecule has 1 aliphatic rings. The van der Waals surface area contributed by atoms with Crippen LogP contribution in [0.15, 0.2) is 34.9 Å². The van der Waals surface area contributed by atoms with Gasteiger partial charge in [0, 0.05) is 25.3 Å². The number of carbonyl (C=O) groups excluding carboxylic acids is 2. The number of nitrogens with zero attached hydrogens (tertiary/aromatic N) is 2. The molecule has 6 heteroatoms. The maximum atomic E-state index is 12.4. The summed E-state index contributed by atoms with van der Waals surface area (Å²) < 4.78 is 5.07. The van der Waals surface area contributed by atoms with Gasteiger partial charge < -0.3 is 9.84 Å². The Balaban J connectivity index is 1.61. The van der Waals surface area contributed by atoms with Crippen molar-refractivity contribution in [3.63, 3.8) is 0 Å². The summed E-state index contributed by atoms with van der Waals surface area (Å²) in [5.74, 6) is 0.857. The van der Waals surface area contributed by atoms with Gasteiger partial charge in [0.05, 0.1) is 0 Å².